The van der Waals surface area contributed by atoms with Crippen molar-refractivity contribution in [1.82, 2.24) is 10.6 Å². The summed E-state index contributed by atoms with van der Waals surface area (Å²) in [4.78, 5) is 24.2. The molecule has 3 rings (SSSR count). The molecule has 1 aromatic carbocycles. The maximum absolute atomic E-state index is 12.1. The number of rotatable bonds is 5. The molecule has 118 valence electrons. The molecule has 2 atom stereocenters. The first kappa shape index (κ1) is 15.3. The average molecular weight is 321 g/mol. The second-order valence-electron chi connectivity index (χ2n) is 6.25. The van der Waals surface area contributed by atoms with Crippen LogP contribution in [0.5, 0.6) is 0 Å². The molecule has 5 heteroatoms. The molecule has 0 aromatic heterocycles. The summed E-state index contributed by atoms with van der Waals surface area (Å²) >= 11 is 6.06. The van der Waals surface area contributed by atoms with Gasteiger partial charge in [0.15, 0.2) is 0 Å². The van der Waals surface area contributed by atoms with E-state index in [1.165, 1.54) is 12.8 Å². The van der Waals surface area contributed by atoms with Crippen molar-refractivity contribution in [2.45, 2.75) is 44.7 Å². The zero-order valence-electron chi connectivity index (χ0n) is 12.5. The van der Waals surface area contributed by atoms with Crippen molar-refractivity contribution < 1.29 is 9.59 Å². The number of nitrogens with one attached hydrogen (secondary N) is 2. The lowest BCUT2D eigenvalue weighted by molar-refractivity contribution is -0.127. The SMILES string of the molecule is O=C(NCc1ccccc1Cl)C1CC1C(=O)NC1CCCC1. The van der Waals surface area contributed by atoms with E-state index in [1.54, 1.807) is 6.07 Å². The molecule has 0 heterocycles. The maximum atomic E-state index is 12.1. The van der Waals surface area contributed by atoms with Gasteiger partial charge in [0.1, 0.15) is 0 Å². The van der Waals surface area contributed by atoms with Crippen LogP contribution in [0.4, 0.5) is 0 Å². The minimum atomic E-state index is -0.177. The molecule has 0 radical (unpaired) electrons. The van der Waals surface area contributed by atoms with Gasteiger partial charge >= 0.3 is 0 Å². The highest BCUT2D eigenvalue weighted by atomic mass is 35.5. The number of carbonyl (C=O) groups excluding carboxylic acids is 2. The third-order valence-electron chi connectivity index (χ3n) is 4.58. The molecule has 4 nitrogen and oxygen atoms in total. The van der Waals surface area contributed by atoms with Crippen LogP contribution in [0, 0.1) is 11.8 Å². The fraction of sp³-hybridized carbons (Fsp3) is 0.529. The Morgan fingerprint density at radius 3 is 2.50 bits per heavy atom. The Kier molecular flexibility index (Phi) is 4.67. The fourth-order valence-corrected chi connectivity index (χ4v) is 3.31. The Bertz CT molecular complexity index is 570. The molecule has 2 fully saturated rings. The third kappa shape index (κ3) is 3.61. The van der Waals surface area contributed by atoms with Crippen LogP contribution in [0.1, 0.15) is 37.7 Å². The zero-order chi connectivity index (χ0) is 15.5. The Labute approximate surface area is 135 Å². The van der Waals surface area contributed by atoms with Gasteiger partial charge in [0.2, 0.25) is 11.8 Å². The summed E-state index contributed by atoms with van der Waals surface area (Å²) in [5, 5.41) is 6.59. The summed E-state index contributed by atoms with van der Waals surface area (Å²) in [7, 11) is 0. The van der Waals surface area contributed by atoms with Gasteiger partial charge in [0, 0.05) is 17.6 Å². The number of carbonyl (C=O) groups is 2. The smallest absolute Gasteiger partial charge is 0.224 e. The maximum Gasteiger partial charge on any atom is 0.224 e. The van der Waals surface area contributed by atoms with Crippen LogP contribution in [0.3, 0.4) is 0 Å². The van der Waals surface area contributed by atoms with Crippen LogP contribution in [0.25, 0.3) is 0 Å². The first-order valence-corrected chi connectivity index (χ1v) is 8.34. The van der Waals surface area contributed by atoms with Gasteiger partial charge in [-0.2, -0.15) is 0 Å². The lowest BCUT2D eigenvalue weighted by Gasteiger charge is -2.11. The van der Waals surface area contributed by atoms with Crippen LogP contribution in [0.2, 0.25) is 5.02 Å². The molecule has 2 aliphatic carbocycles. The summed E-state index contributed by atoms with van der Waals surface area (Å²) < 4.78 is 0. The van der Waals surface area contributed by atoms with Crippen molar-refractivity contribution in [3.8, 4) is 0 Å². The summed E-state index contributed by atoms with van der Waals surface area (Å²) in [6.45, 7) is 0.409. The number of halogens is 1. The van der Waals surface area contributed by atoms with E-state index in [4.69, 9.17) is 11.6 Å². The molecule has 2 aliphatic rings. The van der Waals surface area contributed by atoms with Crippen molar-refractivity contribution in [3.63, 3.8) is 0 Å². The molecular weight excluding hydrogens is 300 g/mol. The standard InChI is InChI=1S/C17H21ClN2O2/c18-15-8-4-1-5-11(15)10-19-16(21)13-9-14(13)17(22)20-12-6-2-3-7-12/h1,4-5,8,12-14H,2-3,6-7,9-10H2,(H,19,21)(H,20,22). The van der Waals surface area contributed by atoms with Crippen LogP contribution >= 0.6 is 11.6 Å². The zero-order valence-corrected chi connectivity index (χ0v) is 13.2. The molecule has 0 saturated heterocycles. The molecule has 1 aromatic rings. The third-order valence-corrected chi connectivity index (χ3v) is 4.95. The molecule has 0 spiro atoms. The Hall–Kier alpha value is -1.55. The van der Waals surface area contributed by atoms with Crippen LogP contribution in [-0.2, 0) is 16.1 Å². The van der Waals surface area contributed by atoms with Gasteiger partial charge in [0.05, 0.1) is 11.8 Å². The van der Waals surface area contributed by atoms with Gasteiger partial charge in [-0.25, -0.2) is 0 Å². The van der Waals surface area contributed by atoms with Crippen molar-refractivity contribution >= 4 is 23.4 Å². The first-order chi connectivity index (χ1) is 10.6. The van der Waals surface area contributed by atoms with E-state index in [0.29, 0.717) is 24.0 Å². The second kappa shape index (κ2) is 6.69. The number of hydrogen-bond donors (Lipinski definition) is 2. The van der Waals surface area contributed by atoms with E-state index in [2.05, 4.69) is 10.6 Å². The van der Waals surface area contributed by atoms with E-state index in [-0.39, 0.29) is 23.7 Å². The van der Waals surface area contributed by atoms with Crippen LogP contribution in [-0.4, -0.2) is 17.9 Å². The molecule has 2 amide bonds. The van der Waals surface area contributed by atoms with Crippen molar-refractivity contribution in [1.29, 1.82) is 0 Å². The van der Waals surface area contributed by atoms with Gasteiger partial charge in [-0.15, -0.1) is 0 Å². The minimum absolute atomic E-state index is 0.0461. The summed E-state index contributed by atoms with van der Waals surface area (Å²) in [6, 6.07) is 7.76. The first-order valence-electron chi connectivity index (χ1n) is 7.96. The predicted molar refractivity (Wildman–Crippen MR) is 85.3 cm³/mol. The topological polar surface area (TPSA) is 58.2 Å². The van der Waals surface area contributed by atoms with E-state index < -0.39 is 0 Å². The lowest BCUT2D eigenvalue weighted by Crippen LogP contribution is -2.35. The number of amides is 2. The quantitative estimate of drug-likeness (QED) is 0.876. The van der Waals surface area contributed by atoms with E-state index in [0.717, 1.165) is 18.4 Å². The van der Waals surface area contributed by atoms with E-state index >= 15 is 0 Å². The van der Waals surface area contributed by atoms with Gasteiger partial charge < -0.3 is 10.6 Å². The normalized spacial score (nSPS) is 24.0. The van der Waals surface area contributed by atoms with Gasteiger partial charge in [-0.1, -0.05) is 42.6 Å². The lowest BCUT2D eigenvalue weighted by atomic mass is 10.2. The second-order valence-corrected chi connectivity index (χ2v) is 6.66. The molecular formula is C17H21ClN2O2. The highest BCUT2D eigenvalue weighted by Crippen LogP contribution is 2.39. The Morgan fingerprint density at radius 1 is 1.09 bits per heavy atom. The molecule has 2 saturated carbocycles. The summed E-state index contributed by atoms with van der Waals surface area (Å²) in [5.41, 5.74) is 0.894. The summed E-state index contributed by atoms with van der Waals surface area (Å²) in [6.07, 6.45) is 5.19. The molecule has 0 bridgehead atoms. The van der Waals surface area contributed by atoms with E-state index in [9.17, 15) is 9.59 Å². The van der Waals surface area contributed by atoms with Crippen LogP contribution < -0.4 is 10.6 Å². The summed E-state index contributed by atoms with van der Waals surface area (Å²) in [5.74, 6) is -0.327. The fourth-order valence-electron chi connectivity index (χ4n) is 3.11. The van der Waals surface area contributed by atoms with Crippen LogP contribution in [0.15, 0.2) is 24.3 Å². The van der Waals surface area contributed by atoms with Crippen molar-refractivity contribution in [2.75, 3.05) is 0 Å². The molecule has 0 aliphatic heterocycles. The molecule has 22 heavy (non-hydrogen) atoms. The molecule has 2 unspecified atom stereocenters. The minimum Gasteiger partial charge on any atom is -0.353 e. The van der Waals surface area contributed by atoms with Gasteiger partial charge in [-0.05, 0) is 30.9 Å². The average Bonchev–Trinajstić information content (AvgIpc) is 3.17. The van der Waals surface area contributed by atoms with E-state index in [1.807, 2.05) is 18.2 Å². The Balaban J connectivity index is 1.44. The van der Waals surface area contributed by atoms with Gasteiger partial charge in [-0.3, -0.25) is 9.59 Å². The Morgan fingerprint density at radius 2 is 1.77 bits per heavy atom. The van der Waals surface area contributed by atoms with Gasteiger partial charge in [0.25, 0.3) is 0 Å². The predicted octanol–water partition coefficient (Wildman–Crippen LogP) is 2.65. The number of hydrogen-bond acceptors (Lipinski definition) is 2. The largest absolute Gasteiger partial charge is 0.353 e. The highest BCUT2D eigenvalue weighted by molar-refractivity contribution is 6.31. The highest BCUT2D eigenvalue weighted by Gasteiger charge is 2.48. The van der Waals surface area contributed by atoms with Crippen molar-refractivity contribution in [3.05, 3.63) is 34.9 Å². The van der Waals surface area contributed by atoms with Crippen molar-refractivity contribution in [2.24, 2.45) is 11.8 Å². The number of benzene rings is 1. The monoisotopic (exact) mass is 320 g/mol. The molecule has 2 N–H and O–H groups in total.